The van der Waals surface area contributed by atoms with E-state index < -0.39 is 17.7 Å². The number of hydrogen-bond acceptors (Lipinski definition) is 6. The number of carbonyl (C=O) groups excluding carboxylic acids is 2. The van der Waals surface area contributed by atoms with Gasteiger partial charge in [-0.15, -0.1) is 0 Å². The average Bonchev–Trinajstić information content (AvgIpc) is 3.17. The van der Waals surface area contributed by atoms with E-state index in [2.05, 4.69) is 51.7 Å². The van der Waals surface area contributed by atoms with Crippen molar-refractivity contribution >= 4 is 17.4 Å². The normalized spacial score (nSPS) is 20.0. The molecule has 0 unspecified atom stereocenters. The number of aliphatic hydroxyl groups excluding tert-OH is 1. The van der Waals surface area contributed by atoms with Crippen LogP contribution in [0.2, 0.25) is 0 Å². The number of ether oxygens (including phenoxy) is 2. The lowest BCUT2D eigenvalue weighted by Crippen LogP contribution is -2.39. The van der Waals surface area contributed by atoms with Crippen LogP contribution in [-0.4, -0.2) is 72.6 Å². The molecule has 0 aromatic heterocycles. The zero-order valence-corrected chi connectivity index (χ0v) is 24.8. The molecule has 0 aliphatic carbocycles. The maximum Gasteiger partial charge on any atom is 0.295 e. The molecule has 2 fully saturated rings. The van der Waals surface area contributed by atoms with Gasteiger partial charge in [0.25, 0.3) is 11.7 Å². The largest absolute Gasteiger partial charge is 0.507 e. The van der Waals surface area contributed by atoms with Crippen LogP contribution < -0.4 is 4.74 Å². The number of rotatable bonds is 9. The highest BCUT2D eigenvalue weighted by Crippen LogP contribution is 2.41. The second kappa shape index (κ2) is 12.6. The molecular formula is C33H44N2O5. The average molecular weight is 549 g/mol. The Hall–Kier alpha value is -3.16. The summed E-state index contributed by atoms with van der Waals surface area (Å²) in [6.07, 6.45) is 0.727. The smallest absolute Gasteiger partial charge is 0.295 e. The van der Waals surface area contributed by atoms with Crippen LogP contribution >= 0.6 is 0 Å². The Kier molecular flexibility index (Phi) is 9.37. The predicted octanol–water partition coefficient (Wildman–Crippen LogP) is 5.47. The molecule has 1 amide bonds. The Morgan fingerprint density at radius 1 is 1.05 bits per heavy atom. The molecule has 4 rings (SSSR count). The van der Waals surface area contributed by atoms with Gasteiger partial charge in [0.15, 0.2) is 0 Å². The van der Waals surface area contributed by atoms with Crippen LogP contribution in [-0.2, 0) is 19.7 Å². The number of amides is 1. The zero-order chi connectivity index (χ0) is 29.0. The topological polar surface area (TPSA) is 79.3 Å². The van der Waals surface area contributed by atoms with E-state index in [0.29, 0.717) is 43.6 Å². The van der Waals surface area contributed by atoms with Crippen molar-refractivity contribution in [2.45, 2.75) is 59.4 Å². The third-order valence-electron chi connectivity index (χ3n) is 7.65. The van der Waals surface area contributed by atoms with Crippen molar-refractivity contribution in [3.8, 4) is 5.75 Å². The standard InChI is InChI=1S/C33H44N2O5/c1-22(2)21-40-26-12-13-27(23(3)20-26)30(36)28-29(24-8-10-25(11-9-24)33(4,5)6)35(32(38)31(28)37)15-7-14-34-16-18-39-19-17-34/h8-13,20,22,29,36H,7,14-19,21H2,1-6H3/t29-/m1/s1. The molecular weight excluding hydrogens is 504 g/mol. The number of benzene rings is 2. The van der Waals surface area contributed by atoms with Crippen molar-refractivity contribution in [1.82, 2.24) is 9.80 Å². The summed E-state index contributed by atoms with van der Waals surface area (Å²) in [6.45, 7) is 17.5. The molecule has 0 saturated carbocycles. The van der Waals surface area contributed by atoms with Crippen LogP contribution in [0, 0.1) is 12.8 Å². The molecule has 0 spiro atoms. The van der Waals surface area contributed by atoms with Crippen molar-refractivity contribution in [2.75, 3.05) is 46.0 Å². The first-order valence-electron chi connectivity index (χ1n) is 14.4. The highest BCUT2D eigenvalue weighted by atomic mass is 16.5. The van der Waals surface area contributed by atoms with Gasteiger partial charge in [0, 0.05) is 31.7 Å². The second-order valence-electron chi connectivity index (χ2n) is 12.4. The van der Waals surface area contributed by atoms with E-state index >= 15 is 0 Å². The highest BCUT2D eigenvalue weighted by Gasteiger charge is 2.46. The predicted molar refractivity (Wildman–Crippen MR) is 158 cm³/mol. The van der Waals surface area contributed by atoms with Gasteiger partial charge >= 0.3 is 0 Å². The van der Waals surface area contributed by atoms with Crippen molar-refractivity contribution < 1.29 is 24.2 Å². The number of aliphatic hydroxyl groups is 1. The summed E-state index contributed by atoms with van der Waals surface area (Å²) in [6, 6.07) is 12.8. The van der Waals surface area contributed by atoms with E-state index in [1.807, 2.05) is 25.1 Å². The molecule has 2 aromatic carbocycles. The molecule has 0 radical (unpaired) electrons. The summed E-state index contributed by atoms with van der Waals surface area (Å²) in [7, 11) is 0. The summed E-state index contributed by atoms with van der Waals surface area (Å²) >= 11 is 0. The Morgan fingerprint density at radius 3 is 2.33 bits per heavy atom. The van der Waals surface area contributed by atoms with Gasteiger partial charge in [-0.3, -0.25) is 14.5 Å². The van der Waals surface area contributed by atoms with Gasteiger partial charge in [-0.2, -0.15) is 0 Å². The van der Waals surface area contributed by atoms with Crippen LogP contribution in [0.25, 0.3) is 5.76 Å². The second-order valence-corrected chi connectivity index (χ2v) is 12.4. The molecule has 7 nitrogen and oxygen atoms in total. The van der Waals surface area contributed by atoms with Crippen molar-refractivity contribution in [3.05, 3.63) is 70.3 Å². The fourth-order valence-corrected chi connectivity index (χ4v) is 5.31. The molecule has 1 N–H and O–H groups in total. The van der Waals surface area contributed by atoms with Crippen LogP contribution in [0.4, 0.5) is 0 Å². The van der Waals surface area contributed by atoms with Gasteiger partial charge < -0.3 is 19.5 Å². The van der Waals surface area contributed by atoms with Gasteiger partial charge in [0.05, 0.1) is 31.4 Å². The van der Waals surface area contributed by atoms with E-state index in [1.54, 1.807) is 17.0 Å². The van der Waals surface area contributed by atoms with Crippen LogP contribution in [0.5, 0.6) is 5.75 Å². The van der Waals surface area contributed by atoms with Crippen molar-refractivity contribution in [1.29, 1.82) is 0 Å². The Morgan fingerprint density at radius 2 is 1.73 bits per heavy atom. The first kappa shape index (κ1) is 29.8. The minimum atomic E-state index is -0.657. The molecule has 2 aromatic rings. The van der Waals surface area contributed by atoms with E-state index in [9.17, 15) is 14.7 Å². The van der Waals surface area contributed by atoms with E-state index in [-0.39, 0.29) is 16.7 Å². The zero-order valence-electron chi connectivity index (χ0n) is 24.8. The van der Waals surface area contributed by atoms with Gasteiger partial charge in [-0.25, -0.2) is 0 Å². The maximum atomic E-state index is 13.5. The third-order valence-corrected chi connectivity index (χ3v) is 7.65. The molecule has 2 aliphatic heterocycles. The summed E-state index contributed by atoms with van der Waals surface area (Å²) < 4.78 is 11.3. The summed E-state index contributed by atoms with van der Waals surface area (Å²) in [5.41, 5.74) is 3.38. The number of aryl methyl sites for hydroxylation is 1. The summed E-state index contributed by atoms with van der Waals surface area (Å²) in [4.78, 5) is 30.9. The third kappa shape index (κ3) is 6.76. The number of ketones is 1. The first-order valence-corrected chi connectivity index (χ1v) is 14.4. The van der Waals surface area contributed by atoms with Gasteiger partial charge in [-0.1, -0.05) is 58.9 Å². The fourth-order valence-electron chi connectivity index (χ4n) is 5.31. The molecule has 0 bridgehead atoms. The maximum absolute atomic E-state index is 13.5. The molecule has 216 valence electrons. The van der Waals surface area contributed by atoms with E-state index in [0.717, 1.165) is 42.7 Å². The van der Waals surface area contributed by atoms with Gasteiger partial charge in [-0.05, 0) is 59.6 Å². The number of likely N-dealkylation sites (tertiary alicyclic amines) is 1. The van der Waals surface area contributed by atoms with Crippen LogP contribution in [0.3, 0.4) is 0 Å². The van der Waals surface area contributed by atoms with E-state index in [4.69, 9.17) is 9.47 Å². The quantitative estimate of drug-likeness (QED) is 0.254. The molecule has 1 atom stereocenters. The Balaban J connectivity index is 1.69. The molecule has 2 aliphatic rings. The summed E-state index contributed by atoms with van der Waals surface area (Å²) in [5, 5.41) is 11.6. The van der Waals surface area contributed by atoms with Crippen LogP contribution in [0.15, 0.2) is 48.0 Å². The first-order chi connectivity index (χ1) is 19.0. The molecule has 7 heteroatoms. The monoisotopic (exact) mass is 548 g/mol. The molecule has 40 heavy (non-hydrogen) atoms. The Labute approximate surface area is 238 Å². The Bertz CT molecular complexity index is 1240. The summed E-state index contributed by atoms with van der Waals surface area (Å²) in [5.74, 6) is -0.263. The number of morpholine rings is 1. The van der Waals surface area contributed by atoms with Gasteiger partial charge in [0.2, 0.25) is 0 Å². The number of nitrogens with zero attached hydrogens (tertiary/aromatic N) is 2. The minimum Gasteiger partial charge on any atom is -0.507 e. The SMILES string of the molecule is Cc1cc(OCC(C)C)ccc1C(O)=C1C(=O)C(=O)N(CCCN2CCOCC2)[C@@H]1c1ccc(C(C)(C)C)cc1. The van der Waals surface area contributed by atoms with Crippen LogP contribution in [0.1, 0.15) is 69.3 Å². The number of Topliss-reactive ketones (excluding diaryl/α,β-unsaturated/α-hetero) is 1. The number of carbonyl (C=O) groups is 2. The van der Waals surface area contributed by atoms with E-state index in [1.165, 1.54) is 0 Å². The minimum absolute atomic E-state index is 0.0327. The highest BCUT2D eigenvalue weighted by molar-refractivity contribution is 6.46. The van der Waals surface area contributed by atoms with Crippen molar-refractivity contribution in [3.63, 3.8) is 0 Å². The number of hydrogen-bond donors (Lipinski definition) is 1. The fraction of sp³-hybridized carbons (Fsp3) is 0.515. The lowest BCUT2D eigenvalue weighted by atomic mass is 9.85. The lowest BCUT2D eigenvalue weighted by Gasteiger charge is -2.29. The molecule has 2 saturated heterocycles. The lowest BCUT2D eigenvalue weighted by molar-refractivity contribution is -0.140. The molecule has 2 heterocycles. The van der Waals surface area contributed by atoms with Crippen molar-refractivity contribution in [2.24, 2.45) is 5.92 Å². The van der Waals surface area contributed by atoms with Gasteiger partial charge in [0.1, 0.15) is 11.5 Å².